The zero-order chi connectivity index (χ0) is 24.5. The summed E-state index contributed by atoms with van der Waals surface area (Å²) in [5, 5.41) is 33.6. The van der Waals surface area contributed by atoms with Crippen molar-refractivity contribution in [2.75, 3.05) is 26.7 Å². The van der Waals surface area contributed by atoms with Crippen LogP contribution in [0.15, 0.2) is 28.7 Å². The number of hydrogen-bond acceptors (Lipinski definition) is 7. The van der Waals surface area contributed by atoms with E-state index in [1.807, 2.05) is 6.07 Å². The van der Waals surface area contributed by atoms with E-state index in [1.54, 1.807) is 18.2 Å². The fourth-order valence-corrected chi connectivity index (χ4v) is 5.67. The van der Waals surface area contributed by atoms with E-state index in [0.717, 1.165) is 28.8 Å². The van der Waals surface area contributed by atoms with Crippen LogP contribution in [0.25, 0.3) is 10.9 Å². The number of ether oxygens (including phenoxy) is 1. The summed E-state index contributed by atoms with van der Waals surface area (Å²) in [6.45, 7) is 1.50. The number of likely N-dealkylation sites (N-methyl/N-ethyl adjacent to an activating group) is 1. The topological polar surface area (TPSA) is 126 Å². The summed E-state index contributed by atoms with van der Waals surface area (Å²) >= 11 is 9.92. The molecule has 9 nitrogen and oxygen atoms in total. The lowest BCUT2D eigenvalue weighted by atomic mass is 9.76. The van der Waals surface area contributed by atoms with E-state index >= 15 is 0 Å². The average molecular weight is 548 g/mol. The molecule has 4 atom stereocenters. The number of pyridine rings is 1. The van der Waals surface area contributed by atoms with Crippen molar-refractivity contribution in [2.24, 2.45) is 0 Å². The first-order chi connectivity index (χ1) is 16.3. The Labute approximate surface area is 211 Å². The van der Waals surface area contributed by atoms with E-state index in [2.05, 4.69) is 50.3 Å². The first-order valence-corrected chi connectivity index (χ1v) is 12.1. The fourth-order valence-electron chi connectivity index (χ4n) is 4.98. The van der Waals surface area contributed by atoms with Gasteiger partial charge in [-0.25, -0.2) is 9.78 Å². The van der Waals surface area contributed by atoms with Crippen LogP contribution in [-0.4, -0.2) is 70.3 Å². The number of carboxylic acid groups (broad SMARTS) is 1. The Hall–Kier alpha value is -2.63. The van der Waals surface area contributed by atoms with Crippen LogP contribution in [0.5, 0.6) is 5.88 Å². The zero-order valence-corrected chi connectivity index (χ0v) is 20.9. The minimum atomic E-state index is -1.57. The monoisotopic (exact) mass is 546 g/mol. The number of halogens is 2. The number of nitrogens with one attached hydrogen (secondary N) is 1. The number of alkyl halides is 1. The lowest BCUT2D eigenvalue weighted by Crippen LogP contribution is -2.68. The first-order valence-electron chi connectivity index (χ1n) is 10.9. The van der Waals surface area contributed by atoms with Gasteiger partial charge in [0, 0.05) is 28.5 Å². The molecule has 4 rings (SSSR count). The molecular weight excluding hydrogens is 524 g/mol. The number of nitriles is 2. The molecule has 0 bridgehead atoms. The van der Waals surface area contributed by atoms with Gasteiger partial charge in [0.25, 0.3) is 0 Å². The molecule has 2 aliphatic heterocycles. The van der Waals surface area contributed by atoms with Crippen molar-refractivity contribution >= 4 is 44.5 Å². The second-order valence-electron chi connectivity index (χ2n) is 8.57. The molecule has 2 fully saturated rings. The van der Waals surface area contributed by atoms with Gasteiger partial charge in [-0.15, -0.1) is 0 Å². The number of benzene rings is 1. The van der Waals surface area contributed by atoms with Crippen molar-refractivity contribution in [1.82, 2.24) is 20.1 Å². The Kier molecular flexibility index (Phi) is 7.15. The summed E-state index contributed by atoms with van der Waals surface area (Å²) in [6, 6.07) is 10.5. The van der Waals surface area contributed by atoms with Crippen LogP contribution in [-0.2, 0) is 5.54 Å². The standard InChI is InChI=1S/C23H24BrClN6O3/c1-30-8-2-3-15(30)13-34-21-10-17(16-5-4-14(24)9-18(16)29-21)23(6-7-26)19(11-27)28-12-20(25)31(23)22(32)33/h4-5,9-10,15,19-20,28H,2-3,6,8,12-13H2,1H3,(H,32,33)/t15-,19?,20?,23?/m0/s1. The molecule has 178 valence electrons. The number of nitrogens with zero attached hydrogens (tertiary/aromatic N) is 5. The van der Waals surface area contributed by atoms with E-state index in [1.165, 1.54) is 0 Å². The van der Waals surface area contributed by atoms with E-state index in [0.29, 0.717) is 29.0 Å². The number of likely N-dealkylation sites (tertiary alicyclic amines) is 1. The van der Waals surface area contributed by atoms with Gasteiger partial charge in [-0.3, -0.25) is 10.2 Å². The Balaban J connectivity index is 1.92. The van der Waals surface area contributed by atoms with Crippen molar-refractivity contribution < 1.29 is 14.6 Å². The van der Waals surface area contributed by atoms with Crippen LogP contribution < -0.4 is 10.1 Å². The molecule has 0 saturated carbocycles. The van der Waals surface area contributed by atoms with Crippen LogP contribution in [0.1, 0.15) is 24.8 Å². The van der Waals surface area contributed by atoms with E-state index in [-0.39, 0.29) is 19.0 Å². The Morgan fingerprint density at radius 2 is 2.24 bits per heavy atom. The maximum absolute atomic E-state index is 12.4. The maximum Gasteiger partial charge on any atom is 0.409 e. The Morgan fingerprint density at radius 3 is 2.88 bits per heavy atom. The zero-order valence-electron chi connectivity index (χ0n) is 18.5. The molecule has 1 amide bonds. The van der Waals surface area contributed by atoms with Gasteiger partial charge in [-0.2, -0.15) is 10.5 Å². The van der Waals surface area contributed by atoms with Crippen molar-refractivity contribution in [3.63, 3.8) is 0 Å². The highest BCUT2D eigenvalue weighted by Crippen LogP contribution is 2.44. The molecular formula is C23H24BrClN6O3. The molecule has 0 spiro atoms. The Bertz CT molecular complexity index is 1180. The molecule has 1 aromatic carbocycles. The third-order valence-electron chi connectivity index (χ3n) is 6.67. The Morgan fingerprint density at radius 1 is 1.44 bits per heavy atom. The second-order valence-corrected chi connectivity index (χ2v) is 9.99. The van der Waals surface area contributed by atoms with Crippen molar-refractivity contribution in [3.8, 4) is 18.0 Å². The van der Waals surface area contributed by atoms with Gasteiger partial charge < -0.3 is 14.7 Å². The minimum absolute atomic E-state index is 0.0746. The number of carbonyl (C=O) groups is 1. The number of rotatable bonds is 5. The van der Waals surface area contributed by atoms with Crippen LogP contribution in [0.4, 0.5) is 4.79 Å². The van der Waals surface area contributed by atoms with E-state index < -0.39 is 23.2 Å². The first kappa shape index (κ1) is 24.5. The van der Waals surface area contributed by atoms with Gasteiger partial charge in [0.05, 0.1) is 24.1 Å². The summed E-state index contributed by atoms with van der Waals surface area (Å²) in [7, 11) is 2.05. The summed E-state index contributed by atoms with van der Waals surface area (Å²) in [4.78, 5) is 20.3. The van der Waals surface area contributed by atoms with Crippen molar-refractivity contribution in [3.05, 3.63) is 34.3 Å². The molecule has 2 N–H and O–H groups in total. The summed E-state index contributed by atoms with van der Waals surface area (Å²) in [5.74, 6) is 0.303. The average Bonchev–Trinajstić information content (AvgIpc) is 3.21. The predicted molar refractivity (Wildman–Crippen MR) is 129 cm³/mol. The number of piperazine rings is 1. The minimum Gasteiger partial charge on any atom is -0.476 e. The second kappa shape index (κ2) is 9.93. The molecule has 0 radical (unpaired) electrons. The summed E-state index contributed by atoms with van der Waals surface area (Å²) in [6.07, 6.45) is 0.517. The van der Waals surface area contributed by atoms with Gasteiger partial charge in [-0.1, -0.05) is 33.6 Å². The molecule has 11 heteroatoms. The summed E-state index contributed by atoms with van der Waals surface area (Å²) in [5.41, 5.74) is -1.55. The normalized spacial score (nSPS) is 27.3. The lowest BCUT2D eigenvalue weighted by Gasteiger charge is -2.50. The third kappa shape index (κ3) is 4.27. The van der Waals surface area contributed by atoms with E-state index in [4.69, 9.17) is 16.3 Å². The van der Waals surface area contributed by atoms with Gasteiger partial charge in [0.15, 0.2) is 0 Å². The predicted octanol–water partition coefficient (Wildman–Crippen LogP) is 3.62. The van der Waals surface area contributed by atoms with Crippen LogP contribution in [0, 0.1) is 22.7 Å². The lowest BCUT2D eigenvalue weighted by molar-refractivity contribution is 0.0285. The smallest absolute Gasteiger partial charge is 0.409 e. The van der Waals surface area contributed by atoms with E-state index in [9.17, 15) is 20.4 Å². The van der Waals surface area contributed by atoms with Crippen LogP contribution >= 0.6 is 27.5 Å². The molecule has 3 heterocycles. The fraction of sp³-hybridized carbons (Fsp3) is 0.478. The largest absolute Gasteiger partial charge is 0.476 e. The maximum atomic E-state index is 12.4. The SMILES string of the molecule is CN1CCC[C@H]1COc1cc(C2(CC#N)C(C#N)NCC(Cl)N2C(=O)O)c2ccc(Br)cc2n1. The molecule has 2 aromatic rings. The van der Waals surface area contributed by atoms with Crippen LogP contribution in [0.3, 0.4) is 0 Å². The van der Waals surface area contributed by atoms with Gasteiger partial charge in [-0.05, 0) is 44.1 Å². The van der Waals surface area contributed by atoms with Gasteiger partial charge in [0.1, 0.15) is 23.7 Å². The van der Waals surface area contributed by atoms with Gasteiger partial charge in [0.2, 0.25) is 5.88 Å². The van der Waals surface area contributed by atoms with Gasteiger partial charge >= 0.3 is 6.09 Å². The number of aromatic nitrogens is 1. The molecule has 34 heavy (non-hydrogen) atoms. The third-order valence-corrected chi connectivity index (χ3v) is 7.51. The highest BCUT2D eigenvalue weighted by atomic mass is 79.9. The highest BCUT2D eigenvalue weighted by molar-refractivity contribution is 9.10. The van der Waals surface area contributed by atoms with Crippen LogP contribution in [0.2, 0.25) is 0 Å². The van der Waals surface area contributed by atoms with Crippen molar-refractivity contribution in [1.29, 1.82) is 10.5 Å². The number of hydrogen-bond donors (Lipinski definition) is 2. The quantitative estimate of drug-likeness (QED) is 0.429. The molecule has 0 aliphatic carbocycles. The molecule has 2 aliphatic rings. The molecule has 1 aromatic heterocycles. The summed E-state index contributed by atoms with van der Waals surface area (Å²) < 4.78 is 6.88. The number of fused-ring (bicyclic) bond motifs is 1. The highest BCUT2D eigenvalue weighted by Gasteiger charge is 2.54. The number of amides is 1. The molecule has 3 unspecified atom stereocenters. The molecule has 2 saturated heterocycles. The van der Waals surface area contributed by atoms with Crippen molar-refractivity contribution in [2.45, 2.75) is 42.4 Å².